The largest absolute Gasteiger partial charge is 0.322 e. The summed E-state index contributed by atoms with van der Waals surface area (Å²) in [7, 11) is 0. The van der Waals surface area contributed by atoms with Gasteiger partial charge in [0.2, 0.25) is 0 Å². The molecule has 2 rings (SSSR count). The van der Waals surface area contributed by atoms with Crippen LogP contribution in [0.4, 0.5) is 0 Å². The summed E-state index contributed by atoms with van der Waals surface area (Å²) < 4.78 is 0. The van der Waals surface area contributed by atoms with Gasteiger partial charge in [0.15, 0.2) is 0 Å². The van der Waals surface area contributed by atoms with E-state index in [2.05, 4.69) is 17.1 Å². The molecule has 2 N–H and O–H groups in total. The Bertz CT molecular complexity index is 406. The maximum atomic E-state index is 5.75. The molecule has 14 heavy (non-hydrogen) atoms. The molecule has 0 radical (unpaired) electrons. The Morgan fingerprint density at radius 2 is 2.00 bits per heavy atom. The molecule has 0 fully saturated rings. The summed E-state index contributed by atoms with van der Waals surface area (Å²) in [4.78, 5) is 4.47. The van der Waals surface area contributed by atoms with E-state index in [0.717, 1.165) is 16.3 Å². The van der Waals surface area contributed by atoms with Gasteiger partial charge in [0, 0.05) is 10.9 Å². The Kier molecular flexibility index (Phi) is 2.61. The Balaban J connectivity index is 2.34. The van der Waals surface area contributed by atoms with Crippen molar-refractivity contribution in [1.29, 1.82) is 0 Å². The highest BCUT2D eigenvalue weighted by atomic mass is 32.1. The number of nitrogens with two attached hydrogens (primary N) is 1. The fourth-order valence-corrected chi connectivity index (χ4v) is 2.03. The summed E-state index contributed by atoms with van der Waals surface area (Å²) in [5.74, 6) is 0. The minimum atomic E-state index is 0.0254. The lowest BCUT2D eigenvalue weighted by atomic mass is 10.2. The molecule has 1 heterocycles. The number of thiazole rings is 1. The van der Waals surface area contributed by atoms with Gasteiger partial charge >= 0.3 is 0 Å². The van der Waals surface area contributed by atoms with Crippen LogP contribution in [0, 0.1) is 0 Å². The summed E-state index contributed by atoms with van der Waals surface area (Å²) in [6, 6.07) is 10.2. The lowest BCUT2D eigenvalue weighted by Gasteiger charge is -1.97. The van der Waals surface area contributed by atoms with Gasteiger partial charge < -0.3 is 5.73 Å². The average molecular weight is 204 g/mol. The van der Waals surface area contributed by atoms with E-state index in [9.17, 15) is 0 Å². The van der Waals surface area contributed by atoms with E-state index in [1.807, 2.05) is 30.5 Å². The molecular weight excluding hydrogens is 192 g/mol. The van der Waals surface area contributed by atoms with Crippen LogP contribution >= 0.6 is 11.3 Å². The molecule has 1 atom stereocenters. The SMILES string of the molecule is C[C@@H](N)c1nc(-c2ccccc2)cs1. The third-order valence-corrected chi connectivity index (χ3v) is 3.03. The molecule has 0 aliphatic rings. The zero-order valence-corrected chi connectivity index (χ0v) is 8.79. The first-order chi connectivity index (χ1) is 6.77. The quantitative estimate of drug-likeness (QED) is 0.817. The maximum absolute atomic E-state index is 5.75. The topological polar surface area (TPSA) is 38.9 Å². The van der Waals surface area contributed by atoms with Gasteiger partial charge in [-0.05, 0) is 6.92 Å². The molecular formula is C11H12N2S. The van der Waals surface area contributed by atoms with Crippen LogP contribution in [0.2, 0.25) is 0 Å². The van der Waals surface area contributed by atoms with Crippen molar-refractivity contribution in [1.82, 2.24) is 4.98 Å². The molecule has 0 bridgehead atoms. The Morgan fingerprint density at radius 3 is 2.57 bits per heavy atom. The fourth-order valence-electron chi connectivity index (χ4n) is 1.24. The molecule has 1 aromatic heterocycles. The van der Waals surface area contributed by atoms with E-state index in [0.29, 0.717) is 0 Å². The van der Waals surface area contributed by atoms with Gasteiger partial charge in [-0.25, -0.2) is 4.98 Å². The Hall–Kier alpha value is -1.19. The minimum absolute atomic E-state index is 0.0254. The van der Waals surface area contributed by atoms with Crippen LogP contribution in [0.25, 0.3) is 11.3 Å². The van der Waals surface area contributed by atoms with Crippen molar-refractivity contribution in [3.63, 3.8) is 0 Å². The van der Waals surface area contributed by atoms with E-state index >= 15 is 0 Å². The van der Waals surface area contributed by atoms with Crippen molar-refractivity contribution < 1.29 is 0 Å². The predicted octanol–water partition coefficient (Wildman–Crippen LogP) is 2.83. The number of aromatic nitrogens is 1. The molecule has 3 heteroatoms. The summed E-state index contributed by atoms with van der Waals surface area (Å²) in [5, 5.41) is 3.04. The molecule has 0 unspecified atom stereocenters. The molecule has 72 valence electrons. The van der Waals surface area contributed by atoms with Crippen LogP contribution in [0.1, 0.15) is 18.0 Å². The van der Waals surface area contributed by atoms with Gasteiger partial charge in [-0.2, -0.15) is 0 Å². The predicted molar refractivity (Wildman–Crippen MR) is 60.2 cm³/mol. The number of hydrogen-bond acceptors (Lipinski definition) is 3. The van der Waals surface area contributed by atoms with Crippen molar-refractivity contribution in [2.75, 3.05) is 0 Å². The Labute approximate surface area is 87.4 Å². The van der Waals surface area contributed by atoms with Gasteiger partial charge in [0.1, 0.15) is 5.01 Å². The highest BCUT2D eigenvalue weighted by Gasteiger charge is 2.06. The second-order valence-corrected chi connectivity index (χ2v) is 4.12. The van der Waals surface area contributed by atoms with Gasteiger partial charge in [-0.1, -0.05) is 30.3 Å². The molecule has 0 amide bonds. The number of nitrogens with zero attached hydrogens (tertiary/aromatic N) is 1. The second kappa shape index (κ2) is 3.90. The van der Waals surface area contributed by atoms with Crippen LogP contribution < -0.4 is 5.73 Å². The smallest absolute Gasteiger partial charge is 0.110 e. The van der Waals surface area contributed by atoms with Gasteiger partial charge in [0.05, 0.1) is 11.7 Å². The molecule has 0 aliphatic heterocycles. The molecule has 2 nitrogen and oxygen atoms in total. The third-order valence-electron chi connectivity index (χ3n) is 1.98. The lowest BCUT2D eigenvalue weighted by molar-refractivity contribution is 0.808. The first kappa shape index (κ1) is 9.37. The minimum Gasteiger partial charge on any atom is -0.322 e. The molecule has 0 saturated carbocycles. The average Bonchev–Trinajstić information content (AvgIpc) is 2.68. The fraction of sp³-hybridized carbons (Fsp3) is 0.182. The standard InChI is InChI=1S/C11H12N2S/c1-8(12)11-13-10(7-14-11)9-5-3-2-4-6-9/h2-8H,12H2,1H3/t8-/m1/s1. The van der Waals surface area contributed by atoms with Crippen molar-refractivity contribution >= 4 is 11.3 Å². The van der Waals surface area contributed by atoms with Crippen molar-refractivity contribution in [3.05, 3.63) is 40.7 Å². The van der Waals surface area contributed by atoms with Gasteiger partial charge in [0.25, 0.3) is 0 Å². The van der Waals surface area contributed by atoms with Crippen LogP contribution in [0.15, 0.2) is 35.7 Å². The van der Waals surface area contributed by atoms with E-state index in [1.165, 1.54) is 0 Å². The normalized spacial score (nSPS) is 12.7. The van der Waals surface area contributed by atoms with Crippen LogP contribution in [-0.4, -0.2) is 4.98 Å². The van der Waals surface area contributed by atoms with Crippen LogP contribution in [-0.2, 0) is 0 Å². The van der Waals surface area contributed by atoms with E-state index in [4.69, 9.17) is 5.73 Å². The van der Waals surface area contributed by atoms with E-state index < -0.39 is 0 Å². The second-order valence-electron chi connectivity index (χ2n) is 3.23. The summed E-state index contributed by atoms with van der Waals surface area (Å²) in [6.07, 6.45) is 0. The molecule has 0 saturated heterocycles. The number of benzene rings is 1. The molecule has 0 spiro atoms. The summed E-state index contributed by atoms with van der Waals surface area (Å²) >= 11 is 1.62. The summed E-state index contributed by atoms with van der Waals surface area (Å²) in [6.45, 7) is 1.95. The first-order valence-corrected chi connectivity index (χ1v) is 5.42. The zero-order chi connectivity index (χ0) is 9.97. The van der Waals surface area contributed by atoms with Crippen LogP contribution in [0.3, 0.4) is 0 Å². The molecule has 1 aromatic carbocycles. The third kappa shape index (κ3) is 1.84. The first-order valence-electron chi connectivity index (χ1n) is 4.54. The van der Waals surface area contributed by atoms with E-state index in [1.54, 1.807) is 11.3 Å². The molecule has 0 aliphatic carbocycles. The van der Waals surface area contributed by atoms with Gasteiger partial charge in [-0.15, -0.1) is 11.3 Å². The van der Waals surface area contributed by atoms with E-state index in [-0.39, 0.29) is 6.04 Å². The highest BCUT2D eigenvalue weighted by Crippen LogP contribution is 2.23. The molecule has 2 aromatic rings. The highest BCUT2D eigenvalue weighted by molar-refractivity contribution is 7.10. The Morgan fingerprint density at radius 1 is 1.29 bits per heavy atom. The van der Waals surface area contributed by atoms with Crippen LogP contribution in [0.5, 0.6) is 0 Å². The zero-order valence-electron chi connectivity index (χ0n) is 7.97. The monoisotopic (exact) mass is 204 g/mol. The van der Waals surface area contributed by atoms with Crippen molar-refractivity contribution in [2.24, 2.45) is 5.73 Å². The van der Waals surface area contributed by atoms with Crippen molar-refractivity contribution in [2.45, 2.75) is 13.0 Å². The maximum Gasteiger partial charge on any atom is 0.110 e. The van der Waals surface area contributed by atoms with Crippen molar-refractivity contribution in [3.8, 4) is 11.3 Å². The number of rotatable bonds is 2. The summed E-state index contributed by atoms with van der Waals surface area (Å²) in [5.41, 5.74) is 7.92. The lowest BCUT2D eigenvalue weighted by Crippen LogP contribution is -2.03. The van der Waals surface area contributed by atoms with Gasteiger partial charge in [-0.3, -0.25) is 0 Å². The number of hydrogen-bond donors (Lipinski definition) is 1.